The third-order valence-corrected chi connectivity index (χ3v) is 1.58. The van der Waals surface area contributed by atoms with Crippen LogP contribution in [0.2, 0.25) is 0 Å². The van der Waals surface area contributed by atoms with E-state index in [1.807, 2.05) is 0 Å². The normalized spacial score (nSPS) is 20.9. The molecule has 6 heteroatoms. The van der Waals surface area contributed by atoms with Gasteiger partial charge in [0.15, 0.2) is 6.10 Å². The Kier molecular flexibility index (Phi) is 2.03. The maximum atomic E-state index is 10.6. The van der Waals surface area contributed by atoms with E-state index in [-0.39, 0.29) is 12.7 Å². The van der Waals surface area contributed by atoms with E-state index >= 15 is 0 Å². The monoisotopic (exact) mass is 184 g/mol. The van der Waals surface area contributed by atoms with Crippen molar-refractivity contribution in [1.29, 1.82) is 0 Å². The zero-order valence-corrected chi connectivity index (χ0v) is 6.73. The van der Waals surface area contributed by atoms with Crippen molar-refractivity contribution < 1.29 is 18.8 Å². The largest absolute Gasteiger partial charge is 0.471 e. The summed E-state index contributed by atoms with van der Waals surface area (Å²) in [4.78, 5) is 10.6. The number of carbonyl (C=O) groups is 1. The van der Waals surface area contributed by atoms with Crippen molar-refractivity contribution in [2.45, 2.75) is 6.10 Å². The van der Waals surface area contributed by atoms with E-state index in [1.165, 1.54) is 6.26 Å². The highest BCUT2D eigenvalue weighted by Gasteiger charge is 2.23. The predicted octanol–water partition coefficient (Wildman–Crippen LogP) is 0.162. The molecule has 1 amide bonds. The molecule has 2 heterocycles. The number of hydrogen-bond acceptors (Lipinski definition) is 5. The van der Waals surface area contributed by atoms with Crippen molar-refractivity contribution in [3.05, 3.63) is 12.3 Å². The average Bonchev–Trinajstić information content (AvgIpc) is 2.71. The summed E-state index contributed by atoms with van der Waals surface area (Å²) in [5.74, 6) is 0.392. The van der Waals surface area contributed by atoms with Crippen LogP contribution in [-0.4, -0.2) is 30.5 Å². The molecule has 6 nitrogen and oxygen atoms in total. The third kappa shape index (κ3) is 1.90. The van der Waals surface area contributed by atoms with Crippen LogP contribution in [0.15, 0.2) is 16.9 Å². The lowest BCUT2D eigenvalue weighted by Crippen LogP contribution is -2.21. The van der Waals surface area contributed by atoms with Crippen LogP contribution in [0.4, 0.5) is 4.79 Å². The molecule has 0 saturated carbocycles. The number of aromatic nitrogens is 1. The molecule has 1 aliphatic heterocycles. The van der Waals surface area contributed by atoms with Gasteiger partial charge in [-0.2, -0.15) is 0 Å². The van der Waals surface area contributed by atoms with Crippen LogP contribution >= 0.6 is 0 Å². The van der Waals surface area contributed by atoms with E-state index in [9.17, 15) is 4.79 Å². The molecule has 1 unspecified atom stereocenters. The highest BCUT2D eigenvalue weighted by atomic mass is 16.6. The number of nitrogens with one attached hydrogen (secondary N) is 1. The van der Waals surface area contributed by atoms with Gasteiger partial charge in [-0.15, -0.1) is 0 Å². The molecule has 0 aliphatic carbocycles. The highest BCUT2D eigenvalue weighted by molar-refractivity contribution is 5.69. The third-order valence-electron chi connectivity index (χ3n) is 1.58. The van der Waals surface area contributed by atoms with Crippen molar-refractivity contribution in [3.63, 3.8) is 0 Å². The van der Waals surface area contributed by atoms with Crippen molar-refractivity contribution in [1.82, 2.24) is 10.5 Å². The summed E-state index contributed by atoms with van der Waals surface area (Å²) in [6, 6.07) is 1.59. The molecule has 0 bridgehead atoms. The summed E-state index contributed by atoms with van der Waals surface area (Å²) in [5.41, 5.74) is 0. The molecular weight excluding hydrogens is 176 g/mol. The minimum absolute atomic E-state index is 0.246. The van der Waals surface area contributed by atoms with Gasteiger partial charge in [-0.1, -0.05) is 0 Å². The van der Waals surface area contributed by atoms with Crippen LogP contribution in [0.1, 0.15) is 0 Å². The first kappa shape index (κ1) is 7.90. The predicted molar refractivity (Wildman–Crippen MR) is 40.3 cm³/mol. The van der Waals surface area contributed by atoms with Crippen LogP contribution in [0.5, 0.6) is 5.88 Å². The minimum atomic E-state index is -0.409. The summed E-state index contributed by atoms with van der Waals surface area (Å²) in [7, 11) is 0. The first-order chi connectivity index (χ1) is 6.34. The number of alkyl carbamates (subject to hydrolysis) is 1. The first-order valence-electron chi connectivity index (χ1n) is 3.82. The van der Waals surface area contributed by atoms with Crippen molar-refractivity contribution in [2.75, 3.05) is 13.2 Å². The fraction of sp³-hybridized carbons (Fsp3) is 0.429. The molecule has 2 rings (SSSR count). The van der Waals surface area contributed by atoms with Gasteiger partial charge in [0.2, 0.25) is 0 Å². The van der Waals surface area contributed by atoms with E-state index in [0.29, 0.717) is 12.4 Å². The van der Waals surface area contributed by atoms with Gasteiger partial charge in [0, 0.05) is 6.07 Å². The standard InChI is InChI=1S/C7H8N2O4/c10-7-8-3-5(13-7)4-11-6-1-2-12-9-6/h1-2,5H,3-4H2,(H,8,10). The molecule has 0 radical (unpaired) electrons. The number of ether oxygens (including phenoxy) is 2. The first-order valence-corrected chi connectivity index (χ1v) is 3.82. The van der Waals surface area contributed by atoms with Gasteiger partial charge in [-0.3, -0.25) is 0 Å². The molecule has 0 spiro atoms. The Bertz CT molecular complexity index is 285. The summed E-state index contributed by atoms with van der Waals surface area (Å²) >= 11 is 0. The maximum absolute atomic E-state index is 10.6. The van der Waals surface area contributed by atoms with Crippen LogP contribution in [0.3, 0.4) is 0 Å². The Morgan fingerprint density at radius 2 is 2.69 bits per heavy atom. The van der Waals surface area contributed by atoms with Gasteiger partial charge in [0.25, 0.3) is 5.88 Å². The Morgan fingerprint density at radius 1 is 1.77 bits per heavy atom. The van der Waals surface area contributed by atoms with Crippen molar-refractivity contribution in [2.24, 2.45) is 0 Å². The van der Waals surface area contributed by atoms with Gasteiger partial charge in [-0.05, 0) is 5.16 Å². The second-order valence-electron chi connectivity index (χ2n) is 2.56. The van der Waals surface area contributed by atoms with Gasteiger partial charge in [0.1, 0.15) is 12.9 Å². The fourth-order valence-corrected chi connectivity index (χ4v) is 0.979. The van der Waals surface area contributed by atoms with Crippen molar-refractivity contribution in [3.8, 4) is 5.88 Å². The minimum Gasteiger partial charge on any atom is -0.471 e. The van der Waals surface area contributed by atoms with E-state index in [1.54, 1.807) is 6.07 Å². The number of carbonyl (C=O) groups excluding carboxylic acids is 1. The number of amides is 1. The molecule has 70 valence electrons. The summed E-state index contributed by atoms with van der Waals surface area (Å²) in [6.45, 7) is 0.752. The number of hydrogen-bond donors (Lipinski definition) is 1. The Morgan fingerprint density at radius 3 is 3.31 bits per heavy atom. The Balaban J connectivity index is 1.77. The number of rotatable bonds is 3. The fourth-order valence-electron chi connectivity index (χ4n) is 0.979. The zero-order chi connectivity index (χ0) is 9.10. The molecule has 1 aromatic heterocycles. The lowest BCUT2D eigenvalue weighted by atomic mass is 10.4. The highest BCUT2D eigenvalue weighted by Crippen LogP contribution is 2.07. The molecular formula is C7H8N2O4. The summed E-state index contributed by atoms with van der Waals surface area (Å²) in [5, 5.41) is 6.05. The Hall–Kier alpha value is -1.72. The smallest absolute Gasteiger partial charge is 0.407 e. The van der Waals surface area contributed by atoms with E-state index < -0.39 is 6.09 Å². The molecule has 0 aromatic carbocycles. The lowest BCUT2D eigenvalue weighted by molar-refractivity contribution is 0.101. The van der Waals surface area contributed by atoms with Crippen LogP contribution in [0.25, 0.3) is 0 Å². The quantitative estimate of drug-likeness (QED) is 0.724. The van der Waals surface area contributed by atoms with Gasteiger partial charge < -0.3 is 19.3 Å². The van der Waals surface area contributed by atoms with Crippen LogP contribution in [-0.2, 0) is 4.74 Å². The maximum Gasteiger partial charge on any atom is 0.407 e. The summed E-state index contributed by atoms with van der Waals surface area (Å²) < 4.78 is 14.5. The molecule has 1 N–H and O–H groups in total. The second kappa shape index (κ2) is 3.34. The molecule has 1 aliphatic rings. The SMILES string of the molecule is O=C1NCC(COc2ccon2)O1. The number of nitrogens with zero attached hydrogens (tertiary/aromatic N) is 1. The van der Waals surface area contributed by atoms with Crippen LogP contribution < -0.4 is 10.1 Å². The van der Waals surface area contributed by atoms with E-state index in [4.69, 9.17) is 9.47 Å². The molecule has 1 atom stereocenters. The summed E-state index contributed by atoms with van der Waals surface area (Å²) in [6.07, 6.45) is 0.756. The average molecular weight is 184 g/mol. The van der Waals surface area contributed by atoms with Gasteiger partial charge in [0.05, 0.1) is 6.54 Å². The molecule has 1 aromatic rings. The molecule has 13 heavy (non-hydrogen) atoms. The van der Waals surface area contributed by atoms with E-state index in [2.05, 4.69) is 15.0 Å². The number of cyclic esters (lactones) is 1. The topological polar surface area (TPSA) is 73.6 Å². The second-order valence-corrected chi connectivity index (χ2v) is 2.56. The van der Waals surface area contributed by atoms with E-state index in [0.717, 1.165) is 0 Å². The van der Waals surface area contributed by atoms with Gasteiger partial charge in [-0.25, -0.2) is 4.79 Å². The lowest BCUT2D eigenvalue weighted by Gasteiger charge is -2.06. The zero-order valence-electron chi connectivity index (χ0n) is 6.73. The molecule has 1 saturated heterocycles. The van der Waals surface area contributed by atoms with Crippen molar-refractivity contribution >= 4 is 6.09 Å². The molecule has 1 fully saturated rings. The Labute approximate surface area is 73.8 Å². The van der Waals surface area contributed by atoms with Gasteiger partial charge >= 0.3 is 6.09 Å². The van der Waals surface area contributed by atoms with Crippen LogP contribution in [0, 0.1) is 0 Å².